The van der Waals surface area contributed by atoms with Gasteiger partial charge in [-0.25, -0.2) is 9.78 Å². The summed E-state index contributed by atoms with van der Waals surface area (Å²) in [4.78, 5) is 32.5. The van der Waals surface area contributed by atoms with E-state index >= 15 is 0 Å². The van der Waals surface area contributed by atoms with Crippen molar-refractivity contribution < 1.29 is 14.3 Å². The average molecular weight is 374 g/mol. The molecule has 1 atom stereocenters. The molecule has 1 fully saturated rings. The Morgan fingerprint density at radius 2 is 1.81 bits per heavy atom. The highest BCUT2D eigenvalue weighted by molar-refractivity contribution is 6.30. The van der Waals surface area contributed by atoms with Crippen molar-refractivity contribution in [3.05, 3.63) is 59.4 Å². The zero-order chi connectivity index (χ0) is 18.5. The number of carbonyl (C=O) groups is 2. The van der Waals surface area contributed by atoms with Gasteiger partial charge in [0.05, 0.1) is 0 Å². The van der Waals surface area contributed by atoms with Gasteiger partial charge in [-0.2, -0.15) is 0 Å². The number of rotatable bonds is 4. The van der Waals surface area contributed by atoms with Crippen molar-refractivity contribution in [3.8, 4) is 0 Å². The maximum Gasteiger partial charge on any atom is 0.357 e. The number of carbonyl (C=O) groups excluding carboxylic acids is 2. The zero-order valence-corrected chi connectivity index (χ0v) is 15.2. The minimum atomic E-state index is -0.869. The van der Waals surface area contributed by atoms with E-state index in [2.05, 4.69) is 22.0 Å². The SMILES string of the molecule is C[C@H](OC(=O)c1cc(Cl)ccn1)C(=O)N1CCN(c2ccccc2)CC1. The minimum absolute atomic E-state index is 0.0889. The Kier molecular flexibility index (Phi) is 5.73. The minimum Gasteiger partial charge on any atom is -0.448 e. The van der Waals surface area contributed by atoms with Crippen LogP contribution in [0.5, 0.6) is 0 Å². The molecule has 2 aromatic rings. The number of nitrogens with zero attached hydrogens (tertiary/aromatic N) is 3. The molecule has 136 valence electrons. The summed E-state index contributed by atoms with van der Waals surface area (Å²) < 4.78 is 5.25. The average Bonchev–Trinajstić information content (AvgIpc) is 2.68. The summed E-state index contributed by atoms with van der Waals surface area (Å²) in [6.07, 6.45) is 0.556. The molecule has 1 aliphatic rings. The molecular formula is C19H20ClN3O3. The summed E-state index contributed by atoms with van der Waals surface area (Å²) >= 11 is 5.85. The predicted molar refractivity (Wildman–Crippen MR) is 99.4 cm³/mol. The molecule has 0 unspecified atom stereocenters. The van der Waals surface area contributed by atoms with Crippen LogP contribution >= 0.6 is 11.6 Å². The van der Waals surface area contributed by atoms with Gasteiger partial charge in [-0.3, -0.25) is 4.79 Å². The Labute approximate surface area is 157 Å². The fourth-order valence-electron chi connectivity index (χ4n) is 2.87. The van der Waals surface area contributed by atoms with E-state index in [1.807, 2.05) is 18.2 Å². The number of anilines is 1. The van der Waals surface area contributed by atoms with Crippen LogP contribution in [0.3, 0.4) is 0 Å². The van der Waals surface area contributed by atoms with Crippen LogP contribution in [0.25, 0.3) is 0 Å². The summed E-state index contributed by atoms with van der Waals surface area (Å²) in [5.74, 6) is -0.857. The molecule has 1 saturated heterocycles. The number of hydrogen-bond donors (Lipinski definition) is 0. The fourth-order valence-corrected chi connectivity index (χ4v) is 3.03. The first-order chi connectivity index (χ1) is 12.5. The number of piperazine rings is 1. The standard InChI is InChI=1S/C19H20ClN3O3/c1-14(26-19(25)17-13-15(20)7-8-21-17)18(24)23-11-9-22(10-12-23)16-5-3-2-4-6-16/h2-8,13-14H,9-12H2,1H3/t14-/m0/s1. The highest BCUT2D eigenvalue weighted by atomic mass is 35.5. The van der Waals surface area contributed by atoms with Gasteiger partial charge < -0.3 is 14.5 Å². The highest BCUT2D eigenvalue weighted by Crippen LogP contribution is 2.16. The van der Waals surface area contributed by atoms with E-state index < -0.39 is 12.1 Å². The van der Waals surface area contributed by atoms with Crippen LogP contribution < -0.4 is 4.90 Å². The van der Waals surface area contributed by atoms with Crippen LogP contribution in [-0.2, 0) is 9.53 Å². The van der Waals surface area contributed by atoms with Crippen LogP contribution in [-0.4, -0.2) is 54.0 Å². The zero-order valence-electron chi connectivity index (χ0n) is 14.5. The quantitative estimate of drug-likeness (QED) is 0.771. The van der Waals surface area contributed by atoms with Crippen molar-refractivity contribution >= 4 is 29.2 Å². The third-order valence-corrected chi connectivity index (χ3v) is 4.51. The monoisotopic (exact) mass is 373 g/mol. The third kappa shape index (κ3) is 4.32. The molecule has 0 spiro atoms. The lowest BCUT2D eigenvalue weighted by atomic mass is 10.2. The summed E-state index contributed by atoms with van der Waals surface area (Å²) in [7, 11) is 0. The number of amides is 1. The lowest BCUT2D eigenvalue weighted by molar-refractivity contribution is -0.140. The van der Waals surface area contributed by atoms with Gasteiger partial charge in [0.25, 0.3) is 5.91 Å². The van der Waals surface area contributed by atoms with Gasteiger partial charge >= 0.3 is 5.97 Å². The number of para-hydroxylation sites is 1. The number of halogens is 1. The van der Waals surface area contributed by atoms with Gasteiger partial charge in [0.15, 0.2) is 6.10 Å². The first-order valence-corrected chi connectivity index (χ1v) is 8.84. The number of aromatic nitrogens is 1. The second-order valence-electron chi connectivity index (χ2n) is 6.05. The van der Waals surface area contributed by atoms with E-state index in [1.54, 1.807) is 17.9 Å². The number of benzene rings is 1. The van der Waals surface area contributed by atoms with Crippen molar-refractivity contribution in [2.75, 3.05) is 31.1 Å². The van der Waals surface area contributed by atoms with Crippen molar-refractivity contribution in [3.63, 3.8) is 0 Å². The Morgan fingerprint density at radius 1 is 1.12 bits per heavy atom. The molecular weight excluding hydrogens is 354 g/mol. The molecule has 1 aromatic heterocycles. The molecule has 0 aliphatic carbocycles. The van der Waals surface area contributed by atoms with E-state index in [1.165, 1.54) is 12.3 Å². The lowest BCUT2D eigenvalue weighted by Crippen LogP contribution is -2.51. The first-order valence-electron chi connectivity index (χ1n) is 8.46. The fraction of sp³-hybridized carbons (Fsp3) is 0.316. The molecule has 26 heavy (non-hydrogen) atoms. The summed E-state index contributed by atoms with van der Waals surface area (Å²) in [6, 6.07) is 13.1. The second kappa shape index (κ2) is 8.19. The number of esters is 1. The predicted octanol–water partition coefficient (Wildman–Crippen LogP) is 2.63. The van der Waals surface area contributed by atoms with Crippen LogP contribution in [0.4, 0.5) is 5.69 Å². The summed E-state index contributed by atoms with van der Waals surface area (Å²) in [5, 5.41) is 0.392. The molecule has 0 bridgehead atoms. The highest BCUT2D eigenvalue weighted by Gasteiger charge is 2.27. The van der Waals surface area contributed by atoms with Crippen molar-refractivity contribution in [1.29, 1.82) is 0 Å². The first kappa shape index (κ1) is 18.2. The normalized spacial score (nSPS) is 15.5. The lowest BCUT2D eigenvalue weighted by Gasteiger charge is -2.37. The van der Waals surface area contributed by atoms with Gasteiger partial charge in [-0.1, -0.05) is 29.8 Å². The molecule has 0 saturated carbocycles. The van der Waals surface area contributed by atoms with E-state index in [0.717, 1.165) is 18.8 Å². The Balaban J connectivity index is 1.54. The Hall–Kier alpha value is -2.60. The van der Waals surface area contributed by atoms with Crippen LogP contribution in [0.1, 0.15) is 17.4 Å². The summed E-state index contributed by atoms with van der Waals surface area (Å²) in [6.45, 7) is 4.24. The van der Waals surface area contributed by atoms with Crippen LogP contribution in [0, 0.1) is 0 Å². The topological polar surface area (TPSA) is 62.7 Å². The number of hydrogen-bond acceptors (Lipinski definition) is 5. The Morgan fingerprint density at radius 3 is 2.46 bits per heavy atom. The van der Waals surface area contributed by atoms with Gasteiger partial charge in [0, 0.05) is 43.1 Å². The Bertz CT molecular complexity index is 777. The van der Waals surface area contributed by atoms with Crippen LogP contribution in [0.2, 0.25) is 5.02 Å². The van der Waals surface area contributed by atoms with Gasteiger partial charge in [0.1, 0.15) is 5.69 Å². The molecule has 1 aromatic carbocycles. The summed E-state index contributed by atoms with van der Waals surface area (Å²) in [5.41, 5.74) is 1.23. The van der Waals surface area contributed by atoms with Gasteiger partial charge in [-0.15, -0.1) is 0 Å². The van der Waals surface area contributed by atoms with E-state index in [9.17, 15) is 9.59 Å². The van der Waals surface area contributed by atoms with E-state index in [4.69, 9.17) is 16.3 Å². The molecule has 2 heterocycles. The van der Waals surface area contributed by atoms with Crippen LogP contribution in [0.15, 0.2) is 48.7 Å². The molecule has 3 rings (SSSR count). The van der Waals surface area contributed by atoms with Gasteiger partial charge in [-0.05, 0) is 31.2 Å². The molecule has 0 N–H and O–H groups in total. The van der Waals surface area contributed by atoms with E-state index in [-0.39, 0.29) is 11.6 Å². The number of pyridine rings is 1. The maximum absolute atomic E-state index is 12.6. The second-order valence-corrected chi connectivity index (χ2v) is 6.49. The molecule has 7 heteroatoms. The molecule has 0 radical (unpaired) electrons. The largest absolute Gasteiger partial charge is 0.448 e. The third-order valence-electron chi connectivity index (χ3n) is 4.28. The number of ether oxygens (including phenoxy) is 1. The molecule has 1 aliphatic heterocycles. The van der Waals surface area contributed by atoms with Crippen molar-refractivity contribution in [2.24, 2.45) is 0 Å². The smallest absolute Gasteiger partial charge is 0.357 e. The van der Waals surface area contributed by atoms with Crippen molar-refractivity contribution in [1.82, 2.24) is 9.88 Å². The van der Waals surface area contributed by atoms with Gasteiger partial charge in [0.2, 0.25) is 0 Å². The maximum atomic E-state index is 12.6. The van der Waals surface area contributed by atoms with E-state index in [0.29, 0.717) is 18.1 Å². The molecule has 1 amide bonds. The van der Waals surface area contributed by atoms with Crippen molar-refractivity contribution in [2.45, 2.75) is 13.0 Å². The molecule has 6 nitrogen and oxygen atoms in total.